The predicted octanol–water partition coefficient (Wildman–Crippen LogP) is 3.34. The van der Waals surface area contributed by atoms with Gasteiger partial charge in [-0.25, -0.2) is 14.0 Å². The lowest BCUT2D eigenvalue weighted by Gasteiger charge is -2.43. The number of hydrogen-bond acceptors (Lipinski definition) is 13. The van der Waals surface area contributed by atoms with Crippen LogP contribution in [0.1, 0.15) is 5.56 Å². The zero-order chi connectivity index (χ0) is 32.9. The molecule has 3 aliphatic rings. The van der Waals surface area contributed by atoms with Crippen LogP contribution < -0.4 is 29.6 Å². The van der Waals surface area contributed by atoms with E-state index in [1.54, 1.807) is 24.3 Å². The summed E-state index contributed by atoms with van der Waals surface area (Å²) < 4.78 is 63.2. The maximum atomic E-state index is 13.7. The summed E-state index contributed by atoms with van der Waals surface area (Å²) >= 11 is 0. The third-order valence-corrected chi connectivity index (χ3v) is 7.23. The standard InChI is InChI=1S/C31H29FN2O13/c1-39-29-28(45-25(36)10-16-5-7-20-22(9-16)42-14-40-20)27(47-31(38)34-19-6-8-21-23(12-19)43-15-41-21)26(24(13-35)44-29)46-30(37)33-18-4-2-3-17(32)11-18/h2-9,11-12,24,26-29,35H,10,13-15H2,1H3,(H,33,37)(H,34,38)/t24-,26-,27+,28+,29+/m1/s1. The van der Waals surface area contributed by atoms with Crippen LogP contribution in [0.5, 0.6) is 23.0 Å². The zero-order valence-corrected chi connectivity index (χ0v) is 24.7. The number of hydrogen-bond donors (Lipinski definition) is 3. The number of fused-ring (bicyclic) bond motifs is 2. The minimum Gasteiger partial charge on any atom is -0.454 e. The van der Waals surface area contributed by atoms with Crippen molar-refractivity contribution < 1.29 is 66.5 Å². The van der Waals surface area contributed by atoms with Crippen LogP contribution in [0.2, 0.25) is 0 Å². The largest absolute Gasteiger partial charge is 0.454 e. The molecular formula is C31H29FN2O13. The lowest BCUT2D eigenvalue weighted by atomic mass is 9.98. The Hall–Kier alpha value is -5.32. The van der Waals surface area contributed by atoms with Gasteiger partial charge in [-0.15, -0.1) is 0 Å². The Morgan fingerprint density at radius 1 is 0.787 bits per heavy atom. The number of methoxy groups -OCH3 is 1. The molecule has 3 aliphatic heterocycles. The van der Waals surface area contributed by atoms with Crippen molar-refractivity contribution in [3.8, 4) is 23.0 Å². The second-order valence-corrected chi connectivity index (χ2v) is 10.3. The number of anilines is 2. The molecule has 15 nitrogen and oxygen atoms in total. The van der Waals surface area contributed by atoms with Crippen molar-refractivity contribution in [3.63, 3.8) is 0 Å². The highest BCUT2D eigenvalue weighted by molar-refractivity contribution is 5.86. The van der Waals surface area contributed by atoms with Crippen LogP contribution in [-0.2, 0) is 34.9 Å². The van der Waals surface area contributed by atoms with E-state index in [0.29, 0.717) is 28.6 Å². The van der Waals surface area contributed by atoms with E-state index in [1.807, 2.05) is 0 Å². The molecule has 5 atom stereocenters. The highest BCUT2D eigenvalue weighted by atomic mass is 19.1. The van der Waals surface area contributed by atoms with E-state index in [2.05, 4.69) is 10.6 Å². The number of ether oxygens (including phenoxy) is 9. The molecule has 2 amide bonds. The fourth-order valence-electron chi connectivity index (χ4n) is 5.11. The van der Waals surface area contributed by atoms with Gasteiger partial charge < -0.3 is 47.7 Å². The highest BCUT2D eigenvalue weighted by Crippen LogP contribution is 2.35. The molecule has 3 N–H and O–H groups in total. The monoisotopic (exact) mass is 656 g/mol. The molecule has 0 bridgehead atoms. The minimum atomic E-state index is -1.58. The van der Waals surface area contributed by atoms with Crippen molar-refractivity contribution in [1.82, 2.24) is 0 Å². The van der Waals surface area contributed by atoms with Crippen molar-refractivity contribution in [2.45, 2.75) is 37.1 Å². The maximum absolute atomic E-state index is 13.7. The summed E-state index contributed by atoms with van der Waals surface area (Å²) in [5.41, 5.74) is 0.858. The summed E-state index contributed by atoms with van der Waals surface area (Å²) in [6, 6.07) is 14.6. The van der Waals surface area contributed by atoms with Gasteiger partial charge >= 0.3 is 18.2 Å². The van der Waals surface area contributed by atoms with Crippen LogP contribution in [0.15, 0.2) is 60.7 Å². The molecule has 3 aromatic rings. The zero-order valence-electron chi connectivity index (χ0n) is 24.7. The molecule has 0 aromatic heterocycles. The van der Waals surface area contributed by atoms with Crippen molar-refractivity contribution in [2.24, 2.45) is 0 Å². The molecule has 1 saturated heterocycles. The van der Waals surface area contributed by atoms with Gasteiger partial charge in [0.05, 0.1) is 13.0 Å². The Morgan fingerprint density at radius 3 is 2.11 bits per heavy atom. The van der Waals surface area contributed by atoms with Gasteiger partial charge in [-0.05, 0) is 48.0 Å². The number of rotatable bonds is 9. The molecular weight excluding hydrogens is 627 g/mol. The minimum absolute atomic E-state index is 0.0161. The third kappa shape index (κ3) is 7.40. The third-order valence-electron chi connectivity index (χ3n) is 7.23. The molecule has 3 heterocycles. The quantitative estimate of drug-likeness (QED) is 0.226. The normalized spacial score (nSPS) is 22.2. The van der Waals surface area contributed by atoms with Gasteiger partial charge in [0.15, 0.2) is 47.6 Å². The summed E-state index contributed by atoms with van der Waals surface area (Å²) in [7, 11) is 1.25. The highest BCUT2D eigenvalue weighted by Gasteiger charge is 2.52. The van der Waals surface area contributed by atoms with Crippen LogP contribution in [0.25, 0.3) is 0 Å². The lowest BCUT2D eigenvalue weighted by Crippen LogP contribution is -2.63. The van der Waals surface area contributed by atoms with Crippen LogP contribution >= 0.6 is 0 Å². The maximum Gasteiger partial charge on any atom is 0.412 e. The number of amides is 2. The molecule has 3 aromatic carbocycles. The van der Waals surface area contributed by atoms with Gasteiger partial charge in [0, 0.05) is 24.6 Å². The van der Waals surface area contributed by atoms with Gasteiger partial charge in [0.2, 0.25) is 13.6 Å². The number of halogens is 1. The first-order chi connectivity index (χ1) is 22.8. The average molecular weight is 657 g/mol. The van der Waals surface area contributed by atoms with Crippen LogP contribution in [0.4, 0.5) is 25.4 Å². The smallest absolute Gasteiger partial charge is 0.412 e. The number of carbonyl (C=O) groups excluding carboxylic acids is 3. The molecule has 6 rings (SSSR count). The van der Waals surface area contributed by atoms with Crippen molar-refractivity contribution in [1.29, 1.82) is 0 Å². The van der Waals surface area contributed by atoms with Crippen molar-refractivity contribution in [2.75, 3.05) is 37.9 Å². The first-order valence-electron chi connectivity index (χ1n) is 14.3. The van der Waals surface area contributed by atoms with E-state index in [9.17, 15) is 23.9 Å². The van der Waals surface area contributed by atoms with E-state index < -0.39 is 61.3 Å². The molecule has 248 valence electrons. The Bertz CT molecular complexity index is 1640. The first kappa shape index (κ1) is 31.7. The number of carbonyl (C=O) groups is 3. The van der Waals surface area contributed by atoms with Crippen molar-refractivity contribution in [3.05, 3.63) is 72.0 Å². The number of aliphatic hydroxyl groups excluding tert-OH is 1. The van der Waals surface area contributed by atoms with Crippen LogP contribution in [0.3, 0.4) is 0 Å². The second-order valence-electron chi connectivity index (χ2n) is 10.3. The van der Waals surface area contributed by atoms with Gasteiger partial charge in [0.25, 0.3) is 0 Å². The number of nitrogens with one attached hydrogen (secondary N) is 2. The summed E-state index contributed by atoms with van der Waals surface area (Å²) in [6.45, 7) is -0.659. The van der Waals surface area contributed by atoms with E-state index in [1.165, 1.54) is 37.4 Å². The SMILES string of the molecule is CO[C@H]1O[C@H](CO)[C@@H](OC(=O)Nc2cccc(F)c2)[C@H](OC(=O)Nc2ccc3c(c2)OCO3)[C@@H]1OC(=O)Cc1ccc2c(c1)OCO2. The Morgan fingerprint density at radius 2 is 1.43 bits per heavy atom. The molecule has 47 heavy (non-hydrogen) atoms. The molecule has 0 aliphatic carbocycles. The molecule has 0 spiro atoms. The van der Waals surface area contributed by atoms with Crippen LogP contribution in [0, 0.1) is 5.82 Å². The summed E-state index contributed by atoms with van der Waals surface area (Å²) in [5, 5.41) is 15.1. The lowest BCUT2D eigenvalue weighted by molar-refractivity contribution is -0.295. The summed E-state index contributed by atoms with van der Waals surface area (Å²) in [4.78, 5) is 39.4. The molecule has 1 fully saturated rings. The van der Waals surface area contributed by atoms with Gasteiger partial charge in [-0.1, -0.05) is 12.1 Å². The molecule has 16 heteroatoms. The Labute approximate surface area is 266 Å². The second kappa shape index (κ2) is 14.0. The fraction of sp³-hybridized carbons (Fsp3) is 0.323. The fourth-order valence-corrected chi connectivity index (χ4v) is 5.11. The molecule has 0 radical (unpaired) electrons. The van der Waals surface area contributed by atoms with Gasteiger partial charge in [-0.2, -0.15) is 0 Å². The summed E-state index contributed by atoms with van der Waals surface area (Å²) in [5.74, 6) is 0.450. The van der Waals surface area contributed by atoms with E-state index in [-0.39, 0.29) is 31.4 Å². The van der Waals surface area contributed by atoms with Gasteiger partial charge in [-0.3, -0.25) is 15.4 Å². The number of esters is 1. The van der Waals surface area contributed by atoms with E-state index in [4.69, 9.17) is 42.6 Å². The molecule has 0 unspecified atom stereocenters. The summed E-state index contributed by atoms with van der Waals surface area (Å²) in [6.07, 6.45) is -9.71. The van der Waals surface area contributed by atoms with Crippen LogP contribution in [-0.4, -0.2) is 81.3 Å². The van der Waals surface area contributed by atoms with Crippen molar-refractivity contribution >= 4 is 29.5 Å². The Balaban J connectivity index is 1.24. The predicted molar refractivity (Wildman–Crippen MR) is 156 cm³/mol. The van der Waals surface area contributed by atoms with E-state index in [0.717, 1.165) is 6.07 Å². The van der Waals surface area contributed by atoms with E-state index >= 15 is 0 Å². The first-order valence-corrected chi connectivity index (χ1v) is 14.3. The number of benzene rings is 3. The number of aliphatic hydroxyl groups is 1. The Kier molecular flexibility index (Phi) is 9.42. The average Bonchev–Trinajstić information content (AvgIpc) is 3.71. The van der Waals surface area contributed by atoms with Gasteiger partial charge in [0.1, 0.15) is 11.9 Å². The topological polar surface area (TPSA) is 179 Å². The molecule has 0 saturated carbocycles.